The molecule has 3 aromatic rings. The van der Waals surface area contributed by atoms with Crippen LogP contribution < -0.4 is 5.32 Å². The lowest BCUT2D eigenvalue weighted by Gasteiger charge is -2.06. The number of alkyl halides is 3. The predicted molar refractivity (Wildman–Crippen MR) is 96.1 cm³/mol. The van der Waals surface area contributed by atoms with Crippen LogP contribution in [0.5, 0.6) is 0 Å². The molecule has 1 aromatic heterocycles. The molecule has 0 saturated heterocycles. The quantitative estimate of drug-likeness (QED) is 0.558. The Labute approximate surface area is 160 Å². The van der Waals surface area contributed by atoms with E-state index in [-0.39, 0.29) is 16.1 Å². The molecule has 0 aliphatic heterocycles. The summed E-state index contributed by atoms with van der Waals surface area (Å²) >= 11 is 0.805. The summed E-state index contributed by atoms with van der Waals surface area (Å²) in [6.07, 6.45) is -4.48. The van der Waals surface area contributed by atoms with Gasteiger partial charge in [-0.15, -0.1) is 11.3 Å². The van der Waals surface area contributed by atoms with Gasteiger partial charge in [0, 0.05) is 10.4 Å². The van der Waals surface area contributed by atoms with E-state index >= 15 is 0 Å². The highest BCUT2D eigenvalue weighted by atomic mass is 32.1. The molecule has 2 aromatic carbocycles. The van der Waals surface area contributed by atoms with E-state index in [0.717, 1.165) is 35.6 Å². The number of hydrogen-bond donors (Lipinski definition) is 2. The normalized spacial score (nSPS) is 11.3. The molecular formula is C19H11F4NO3S. The van der Waals surface area contributed by atoms with Crippen LogP contribution >= 0.6 is 11.3 Å². The van der Waals surface area contributed by atoms with Crippen LogP contribution in [0.25, 0.3) is 10.4 Å². The molecule has 1 heterocycles. The van der Waals surface area contributed by atoms with Crippen molar-refractivity contribution in [3.05, 3.63) is 76.4 Å². The van der Waals surface area contributed by atoms with Gasteiger partial charge in [0.25, 0.3) is 5.91 Å². The van der Waals surface area contributed by atoms with Gasteiger partial charge in [0.2, 0.25) is 0 Å². The molecule has 3 rings (SSSR count). The van der Waals surface area contributed by atoms with Crippen molar-refractivity contribution in [2.24, 2.45) is 0 Å². The van der Waals surface area contributed by atoms with E-state index in [1.807, 2.05) is 0 Å². The first-order chi connectivity index (χ1) is 13.1. The fourth-order valence-corrected chi connectivity index (χ4v) is 3.39. The highest BCUT2D eigenvalue weighted by Gasteiger charge is 2.30. The molecule has 28 heavy (non-hydrogen) atoms. The zero-order valence-electron chi connectivity index (χ0n) is 13.9. The molecule has 4 nitrogen and oxygen atoms in total. The second kappa shape index (κ2) is 7.43. The van der Waals surface area contributed by atoms with Gasteiger partial charge in [-0.25, -0.2) is 9.18 Å². The molecule has 144 valence electrons. The number of carboxylic acids is 1. The monoisotopic (exact) mass is 409 g/mol. The van der Waals surface area contributed by atoms with Crippen LogP contribution in [-0.2, 0) is 6.18 Å². The van der Waals surface area contributed by atoms with Crippen molar-refractivity contribution in [1.82, 2.24) is 0 Å². The SMILES string of the molecule is O=C(Nc1cc(-c2ccc(C(F)(F)F)cc2)sc1C(=O)O)c1cccc(F)c1. The highest BCUT2D eigenvalue weighted by Crippen LogP contribution is 2.37. The molecule has 0 saturated carbocycles. The third-order valence-electron chi connectivity index (χ3n) is 3.76. The number of anilines is 1. The summed E-state index contributed by atoms with van der Waals surface area (Å²) in [6.45, 7) is 0. The number of nitrogens with one attached hydrogen (secondary N) is 1. The van der Waals surface area contributed by atoms with Crippen molar-refractivity contribution in [2.75, 3.05) is 5.32 Å². The second-order valence-electron chi connectivity index (χ2n) is 5.70. The maximum absolute atomic E-state index is 13.3. The summed E-state index contributed by atoms with van der Waals surface area (Å²) in [4.78, 5) is 23.9. The number of benzene rings is 2. The van der Waals surface area contributed by atoms with Gasteiger partial charge in [0.15, 0.2) is 0 Å². The van der Waals surface area contributed by atoms with Crippen LogP contribution in [0.3, 0.4) is 0 Å². The molecule has 0 bridgehead atoms. The molecule has 0 unspecified atom stereocenters. The second-order valence-corrected chi connectivity index (χ2v) is 6.75. The molecule has 0 atom stereocenters. The fourth-order valence-electron chi connectivity index (χ4n) is 2.43. The van der Waals surface area contributed by atoms with Crippen molar-refractivity contribution >= 4 is 28.9 Å². The van der Waals surface area contributed by atoms with Crippen LogP contribution in [0.15, 0.2) is 54.6 Å². The van der Waals surface area contributed by atoms with E-state index in [1.54, 1.807) is 0 Å². The van der Waals surface area contributed by atoms with Gasteiger partial charge in [-0.2, -0.15) is 13.2 Å². The fraction of sp³-hybridized carbons (Fsp3) is 0.0526. The number of carboxylic acid groups (broad SMARTS) is 1. The summed E-state index contributed by atoms with van der Waals surface area (Å²) in [7, 11) is 0. The maximum Gasteiger partial charge on any atom is 0.416 e. The molecule has 0 radical (unpaired) electrons. The summed E-state index contributed by atoms with van der Waals surface area (Å²) in [5.41, 5.74) is -0.488. The summed E-state index contributed by atoms with van der Waals surface area (Å²) in [5, 5.41) is 11.8. The smallest absolute Gasteiger partial charge is 0.416 e. The number of hydrogen-bond acceptors (Lipinski definition) is 3. The van der Waals surface area contributed by atoms with Crippen molar-refractivity contribution in [1.29, 1.82) is 0 Å². The molecule has 0 fully saturated rings. The van der Waals surface area contributed by atoms with E-state index in [4.69, 9.17) is 0 Å². The predicted octanol–water partition coefficient (Wildman–Crippen LogP) is 5.52. The molecule has 0 spiro atoms. The van der Waals surface area contributed by atoms with E-state index < -0.39 is 29.4 Å². The Kier molecular flexibility index (Phi) is 5.19. The first kappa shape index (κ1) is 19.6. The van der Waals surface area contributed by atoms with Crippen molar-refractivity contribution in [3.8, 4) is 10.4 Å². The van der Waals surface area contributed by atoms with Gasteiger partial charge in [-0.05, 0) is 42.0 Å². The van der Waals surface area contributed by atoms with E-state index in [1.165, 1.54) is 30.3 Å². The van der Waals surface area contributed by atoms with Gasteiger partial charge in [0.05, 0.1) is 11.3 Å². The van der Waals surface area contributed by atoms with Crippen molar-refractivity contribution in [2.45, 2.75) is 6.18 Å². The Morgan fingerprint density at radius 1 is 1.00 bits per heavy atom. The van der Waals surface area contributed by atoms with Gasteiger partial charge < -0.3 is 10.4 Å². The van der Waals surface area contributed by atoms with Crippen molar-refractivity contribution in [3.63, 3.8) is 0 Å². The summed E-state index contributed by atoms with van der Waals surface area (Å²) in [5.74, 6) is -2.64. The first-order valence-corrected chi connectivity index (χ1v) is 8.58. The Bertz CT molecular complexity index is 1040. The lowest BCUT2D eigenvalue weighted by molar-refractivity contribution is -0.137. The van der Waals surface area contributed by atoms with Crippen LogP contribution in [-0.4, -0.2) is 17.0 Å². The first-order valence-electron chi connectivity index (χ1n) is 7.77. The van der Waals surface area contributed by atoms with Crippen molar-refractivity contribution < 1.29 is 32.3 Å². The Morgan fingerprint density at radius 3 is 2.25 bits per heavy atom. The minimum absolute atomic E-state index is 0.00128. The standard InChI is InChI=1S/C19H11F4NO3S/c20-13-3-1-2-11(8-13)17(25)24-14-9-15(28-16(14)18(26)27)10-4-6-12(7-5-10)19(21,22)23/h1-9H,(H,24,25)(H,26,27). The lowest BCUT2D eigenvalue weighted by Crippen LogP contribution is -2.13. The van der Waals surface area contributed by atoms with Crippen LogP contribution in [0.2, 0.25) is 0 Å². The highest BCUT2D eigenvalue weighted by molar-refractivity contribution is 7.18. The number of rotatable bonds is 4. The van der Waals surface area contributed by atoms with E-state index in [2.05, 4.69) is 5.32 Å². The van der Waals surface area contributed by atoms with Crippen LogP contribution in [0, 0.1) is 5.82 Å². The molecular weight excluding hydrogens is 398 g/mol. The zero-order chi connectivity index (χ0) is 20.5. The summed E-state index contributed by atoms with van der Waals surface area (Å²) in [6, 6.07) is 10.4. The molecule has 9 heteroatoms. The Morgan fingerprint density at radius 2 is 1.68 bits per heavy atom. The average molecular weight is 409 g/mol. The number of halogens is 4. The van der Waals surface area contributed by atoms with Gasteiger partial charge in [-0.3, -0.25) is 4.79 Å². The van der Waals surface area contributed by atoms with E-state index in [9.17, 15) is 32.3 Å². The third-order valence-corrected chi connectivity index (χ3v) is 4.93. The van der Waals surface area contributed by atoms with Gasteiger partial charge in [-0.1, -0.05) is 18.2 Å². The van der Waals surface area contributed by atoms with Gasteiger partial charge >= 0.3 is 12.1 Å². The molecule has 1 amide bonds. The number of carbonyl (C=O) groups is 2. The lowest BCUT2D eigenvalue weighted by atomic mass is 10.1. The maximum atomic E-state index is 13.3. The number of aromatic carboxylic acids is 1. The zero-order valence-corrected chi connectivity index (χ0v) is 14.7. The topological polar surface area (TPSA) is 66.4 Å². The summed E-state index contributed by atoms with van der Waals surface area (Å²) < 4.78 is 51.3. The Hall–Kier alpha value is -3.20. The average Bonchev–Trinajstić information content (AvgIpc) is 3.05. The number of carbonyl (C=O) groups excluding carboxylic acids is 1. The van der Waals surface area contributed by atoms with Gasteiger partial charge in [0.1, 0.15) is 10.7 Å². The minimum atomic E-state index is -4.48. The van der Waals surface area contributed by atoms with E-state index in [0.29, 0.717) is 10.4 Å². The molecule has 0 aliphatic carbocycles. The molecule has 0 aliphatic rings. The van der Waals surface area contributed by atoms with Crippen LogP contribution in [0.4, 0.5) is 23.2 Å². The number of amides is 1. The van der Waals surface area contributed by atoms with Crippen LogP contribution in [0.1, 0.15) is 25.6 Å². The minimum Gasteiger partial charge on any atom is -0.477 e. The third kappa shape index (κ3) is 4.20. The Balaban J connectivity index is 1.92. The number of thiophene rings is 1. The molecule has 2 N–H and O–H groups in total. The largest absolute Gasteiger partial charge is 0.477 e.